The minimum atomic E-state index is -1.43. The molecular weight excluding hydrogens is 366 g/mol. The van der Waals surface area contributed by atoms with Gasteiger partial charge in [-0.1, -0.05) is 110 Å². The number of hydrogen-bond acceptors (Lipinski definition) is 5. The molecule has 0 bridgehead atoms. The van der Waals surface area contributed by atoms with Gasteiger partial charge < -0.3 is 21.1 Å². The fourth-order valence-corrected chi connectivity index (χ4v) is 3.90. The van der Waals surface area contributed by atoms with Crippen LogP contribution in [-0.4, -0.2) is 39.5 Å². The van der Waals surface area contributed by atoms with E-state index in [4.69, 9.17) is 5.73 Å². The lowest BCUT2D eigenvalue weighted by Gasteiger charge is -2.26. The van der Waals surface area contributed by atoms with E-state index in [1.54, 1.807) is 0 Å². The third-order valence-corrected chi connectivity index (χ3v) is 5.87. The number of carbonyl (C=O) groups excluding carboxylic acids is 1. The number of hydrogen-bond donors (Lipinski definition) is 4. The van der Waals surface area contributed by atoms with E-state index in [-0.39, 0.29) is 0 Å². The molecule has 5 N–H and O–H groups in total. The van der Waals surface area contributed by atoms with Crippen molar-refractivity contribution >= 4 is 5.78 Å². The van der Waals surface area contributed by atoms with Gasteiger partial charge in [-0.2, -0.15) is 0 Å². The van der Waals surface area contributed by atoms with Gasteiger partial charge in [0.05, 0.1) is 12.0 Å². The van der Waals surface area contributed by atoms with E-state index in [9.17, 15) is 20.1 Å². The van der Waals surface area contributed by atoms with Crippen molar-refractivity contribution in [1.82, 2.24) is 0 Å². The first-order chi connectivity index (χ1) is 14.0. The highest BCUT2D eigenvalue weighted by Crippen LogP contribution is 2.19. The molecule has 2 unspecified atom stereocenters. The van der Waals surface area contributed by atoms with Crippen LogP contribution >= 0.6 is 0 Å². The zero-order valence-electron chi connectivity index (χ0n) is 19.2. The highest BCUT2D eigenvalue weighted by Gasteiger charge is 2.34. The molecule has 0 aliphatic heterocycles. The Morgan fingerprint density at radius 1 is 0.655 bits per heavy atom. The summed E-state index contributed by atoms with van der Waals surface area (Å²) < 4.78 is 0. The van der Waals surface area contributed by atoms with Crippen molar-refractivity contribution in [2.24, 2.45) is 11.7 Å². The SMILES string of the molecule is CCCCCCCCCCCCCCC[C@@H](O)[C@H](C(=O)C(O)CCCC)C(N)O. The van der Waals surface area contributed by atoms with Gasteiger partial charge in [0, 0.05) is 0 Å². The van der Waals surface area contributed by atoms with Gasteiger partial charge in [-0.3, -0.25) is 4.79 Å². The molecule has 4 atom stereocenters. The van der Waals surface area contributed by atoms with Crippen LogP contribution in [0, 0.1) is 5.92 Å². The van der Waals surface area contributed by atoms with E-state index in [0.717, 1.165) is 32.1 Å². The number of carbonyl (C=O) groups is 1. The molecule has 0 aromatic heterocycles. The van der Waals surface area contributed by atoms with Crippen molar-refractivity contribution in [3.05, 3.63) is 0 Å². The second-order valence-corrected chi connectivity index (χ2v) is 8.68. The average molecular weight is 416 g/mol. The summed E-state index contributed by atoms with van der Waals surface area (Å²) in [5.74, 6) is -1.63. The van der Waals surface area contributed by atoms with Gasteiger partial charge >= 0.3 is 0 Å². The number of aliphatic hydroxyl groups is 3. The Hall–Kier alpha value is -0.490. The molecule has 0 aromatic carbocycles. The van der Waals surface area contributed by atoms with E-state index in [2.05, 4.69) is 6.92 Å². The van der Waals surface area contributed by atoms with Crippen LogP contribution in [0.5, 0.6) is 0 Å². The maximum atomic E-state index is 12.3. The van der Waals surface area contributed by atoms with E-state index >= 15 is 0 Å². The maximum absolute atomic E-state index is 12.3. The van der Waals surface area contributed by atoms with E-state index in [1.807, 2.05) is 6.92 Å². The molecule has 174 valence electrons. The van der Waals surface area contributed by atoms with Gasteiger partial charge in [0.15, 0.2) is 5.78 Å². The fraction of sp³-hybridized carbons (Fsp3) is 0.958. The molecule has 0 aromatic rings. The fourth-order valence-electron chi connectivity index (χ4n) is 3.90. The van der Waals surface area contributed by atoms with Gasteiger partial charge in [-0.25, -0.2) is 0 Å². The van der Waals surface area contributed by atoms with Crippen LogP contribution in [-0.2, 0) is 4.79 Å². The first-order valence-corrected chi connectivity index (χ1v) is 12.3. The molecule has 5 nitrogen and oxygen atoms in total. The van der Waals surface area contributed by atoms with Crippen molar-refractivity contribution in [2.75, 3.05) is 0 Å². The van der Waals surface area contributed by atoms with Gasteiger partial charge in [-0.05, 0) is 12.8 Å². The highest BCUT2D eigenvalue weighted by atomic mass is 16.3. The normalized spacial score (nSPS) is 15.8. The molecule has 0 heterocycles. The summed E-state index contributed by atoms with van der Waals surface area (Å²) in [6.45, 7) is 4.23. The van der Waals surface area contributed by atoms with E-state index in [1.165, 1.54) is 64.2 Å². The smallest absolute Gasteiger partial charge is 0.170 e. The number of rotatable bonds is 21. The van der Waals surface area contributed by atoms with Crippen molar-refractivity contribution in [3.8, 4) is 0 Å². The molecule has 0 aliphatic carbocycles. The zero-order valence-corrected chi connectivity index (χ0v) is 19.2. The first kappa shape index (κ1) is 28.5. The largest absolute Gasteiger partial charge is 0.392 e. The predicted octanol–water partition coefficient (Wildman–Crippen LogP) is 4.84. The van der Waals surface area contributed by atoms with Crippen LogP contribution < -0.4 is 5.73 Å². The lowest BCUT2D eigenvalue weighted by Crippen LogP contribution is -2.46. The highest BCUT2D eigenvalue weighted by molar-refractivity contribution is 5.86. The minimum Gasteiger partial charge on any atom is -0.392 e. The topological polar surface area (TPSA) is 104 Å². The number of ketones is 1. The molecule has 0 spiro atoms. The summed E-state index contributed by atoms with van der Waals surface area (Å²) in [5, 5.41) is 30.0. The first-order valence-electron chi connectivity index (χ1n) is 12.3. The van der Waals surface area contributed by atoms with Gasteiger partial charge in [0.2, 0.25) is 0 Å². The molecule has 0 saturated carbocycles. The van der Waals surface area contributed by atoms with Crippen LogP contribution in [0.25, 0.3) is 0 Å². The molecule has 0 rings (SSSR count). The second kappa shape index (κ2) is 19.5. The second-order valence-electron chi connectivity index (χ2n) is 8.68. The van der Waals surface area contributed by atoms with Crippen LogP contribution in [0.1, 0.15) is 123 Å². The van der Waals surface area contributed by atoms with Crippen molar-refractivity contribution in [2.45, 2.75) is 141 Å². The zero-order chi connectivity index (χ0) is 21.9. The molecule has 0 saturated heterocycles. The molecule has 5 heteroatoms. The van der Waals surface area contributed by atoms with Crippen LogP contribution in [0.3, 0.4) is 0 Å². The molecule has 0 aliphatic rings. The summed E-state index contributed by atoms with van der Waals surface area (Å²) >= 11 is 0. The lowest BCUT2D eigenvalue weighted by molar-refractivity contribution is -0.140. The summed E-state index contributed by atoms with van der Waals surface area (Å²) in [5.41, 5.74) is 5.51. The predicted molar refractivity (Wildman–Crippen MR) is 121 cm³/mol. The van der Waals surface area contributed by atoms with Gasteiger partial charge in [-0.15, -0.1) is 0 Å². The Labute approximate surface area is 179 Å². The summed E-state index contributed by atoms with van der Waals surface area (Å²) in [4.78, 5) is 12.3. The van der Waals surface area contributed by atoms with Gasteiger partial charge in [0.25, 0.3) is 0 Å². The Kier molecular flexibility index (Phi) is 19.1. The Morgan fingerprint density at radius 3 is 1.48 bits per heavy atom. The third-order valence-electron chi connectivity index (χ3n) is 5.87. The standard InChI is InChI=1S/C24H49NO4/c1-3-5-7-8-9-10-11-12-13-14-15-16-17-19-20(26)22(24(25)29)23(28)21(27)18-6-4-2/h20-22,24,26-27,29H,3-19,25H2,1-2H3/t20-,21?,22-,24?/m1/s1. The summed E-state index contributed by atoms with van der Waals surface area (Å²) in [6.07, 6.45) is 15.1. The minimum absolute atomic E-state index is 0.351. The number of nitrogens with two attached hydrogens (primary N) is 1. The lowest BCUT2D eigenvalue weighted by atomic mass is 9.88. The van der Waals surface area contributed by atoms with Gasteiger partial charge in [0.1, 0.15) is 12.3 Å². The quantitative estimate of drug-likeness (QED) is 0.159. The molecule has 0 fully saturated rings. The summed E-state index contributed by atoms with van der Waals surface area (Å²) in [6, 6.07) is 0. The van der Waals surface area contributed by atoms with E-state index < -0.39 is 30.1 Å². The monoisotopic (exact) mass is 415 g/mol. The van der Waals surface area contributed by atoms with Crippen LogP contribution in [0.4, 0.5) is 0 Å². The number of aliphatic hydroxyl groups excluding tert-OH is 3. The number of unbranched alkanes of at least 4 members (excludes halogenated alkanes) is 13. The molecular formula is C24H49NO4. The Balaban J connectivity index is 3.81. The van der Waals surface area contributed by atoms with Crippen molar-refractivity contribution < 1.29 is 20.1 Å². The van der Waals surface area contributed by atoms with Crippen LogP contribution in [0.15, 0.2) is 0 Å². The Bertz CT molecular complexity index is 376. The number of Topliss-reactive ketones (excluding diaryl/α,β-unsaturated/α-hetero) is 1. The van der Waals surface area contributed by atoms with Crippen molar-refractivity contribution in [1.29, 1.82) is 0 Å². The maximum Gasteiger partial charge on any atom is 0.170 e. The Morgan fingerprint density at radius 2 is 1.07 bits per heavy atom. The van der Waals surface area contributed by atoms with E-state index in [0.29, 0.717) is 12.8 Å². The third kappa shape index (κ3) is 15.0. The summed E-state index contributed by atoms with van der Waals surface area (Å²) in [7, 11) is 0. The van der Waals surface area contributed by atoms with Crippen molar-refractivity contribution in [3.63, 3.8) is 0 Å². The molecule has 0 amide bonds. The molecule has 0 radical (unpaired) electrons. The average Bonchev–Trinajstić information content (AvgIpc) is 2.69. The molecule has 29 heavy (non-hydrogen) atoms. The van der Waals surface area contributed by atoms with Crippen LogP contribution in [0.2, 0.25) is 0 Å².